The number of halogens is 1. The van der Waals surface area contributed by atoms with Gasteiger partial charge in [-0.3, -0.25) is 9.58 Å². The number of aliphatic hydroxyl groups excluding tert-OH is 3. The van der Waals surface area contributed by atoms with E-state index in [4.69, 9.17) is 22.9 Å². The first-order valence-electron chi connectivity index (χ1n) is 10.4. The van der Waals surface area contributed by atoms with Crippen molar-refractivity contribution in [3.05, 3.63) is 81.8 Å². The molecule has 5 rings (SSSR count). The van der Waals surface area contributed by atoms with Crippen molar-refractivity contribution in [2.24, 2.45) is 0 Å². The highest BCUT2D eigenvalue weighted by molar-refractivity contribution is 6.35. The lowest BCUT2D eigenvalue weighted by Gasteiger charge is -2.36. The van der Waals surface area contributed by atoms with Crippen LogP contribution in [0.3, 0.4) is 0 Å². The number of ether oxygens (including phenoxy) is 1. The van der Waals surface area contributed by atoms with Gasteiger partial charge in [-0.25, -0.2) is 6.57 Å². The fraction of sp³-hybridized carbons (Fsp3) is 0.375. The van der Waals surface area contributed by atoms with Crippen LogP contribution in [-0.2, 0) is 11.2 Å². The molecule has 1 aromatic heterocycles. The zero-order chi connectivity index (χ0) is 21.7. The summed E-state index contributed by atoms with van der Waals surface area (Å²) in [6.07, 6.45) is -1.64. The van der Waals surface area contributed by atoms with Crippen molar-refractivity contribution in [1.82, 2.24) is 4.57 Å². The van der Waals surface area contributed by atoms with Gasteiger partial charge < -0.3 is 19.9 Å². The lowest BCUT2D eigenvalue weighted by atomic mass is 10.0. The Morgan fingerprint density at radius 3 is 2.45 bits per heavy atom. The minimum atomic E-state index is -1.49. The summed E-state index contributed by atoms with van der Waals surface area (Å²) in [7, 11) is 0. The van der Waals surface area contributed by atoms with E-state index in [0.29, 0.717) is 17.4 Å². The summed E-state index contributed by atoms with van der Waals surface area (Å²) in [6.45, 7) is 7.26. The van der Waals surface area contributed by atoms with Crippen LogP contribution in [0.15, 0.2) is 48.7 Å². The van der Waals surface area contributed by atoms with Gasteiger partial charge >= 0.3 is 6.23 Å². The number of hydrogen-bond acceptors (Lipinski definition) is 4. The highest BCUT2D eigenvalue weighted by atomic mass is 35.5. The predicted molar refractivity (Wildman–Crippen MR) is 117 cm³/mol. The molecular weight excluding hydrogens is 416 g/mol. The highest BCUT2D eigenvalue weighted by Gasteiger charge is 2.48. The largest absolute Gasteiger partial charge is 0.387 e. The zero-order valence-electron chi connectivity index (χ0n) is 16.7. The molecule has 2 aromatic carbocycles. The van der Waals surface area contributed by atoms with Gasteiger partial charge in [-0.1, -0.05) is 41.9 Å². The first-order valence-corrected chi connectivity index (χ1v) is 10.8. The Morgan fingerprint density at radius 2 is 1.77 bits per heavy atom. The van der Waals surface area contributed by atoms with Crippen molar-refractivity contribution < 1.29 is 20.1 Å². The van der Waals surface area contributed by atoms with Gasteiger partial charge in [0.15, 0.2) is 12.3 Å². The lowest BCUT2D eigenvalue weighted by molar-refractivity contribution is -0.232. The van der Waals surface area contributed by atoms with Gasteiger partial charge in [0, 0.05) is 11.6 Å². The summed E-state index contributed by atoms with van der Waals surface area (Å²) in [4.78, 5) is 3.26. The van der Waals surface area contributed by atoms with E-state index < -0.39 is 30.8 Å². The van der Waals surface area contributed by atoms with E-state index in [-0.39, 0.29) is 0 Å². The molecule has 31 heavy (non-hydrogen) atoms. The van der Waals surface area contributed by atoms with Gasteiger partial charge in [0.25, 0.3) is 0 Å². The number of rotatable bonds is 4. The summed E-state index contributed by atoms with van der Waals surface area (Å²) in [5, 5.41) is 32.3. The van der Waals surface area contributed by atoms with Crippen molar-refractivity contribution in [1.29, 1.82) is 0 Å². The topological polar surface area (TPSA) is 79.2 Å². The number of aliphatic hydroxyl groups is 3. The average molecular weight is 439 g/mol. The number of aromatic nitrogens is 1. The standard InChI is InChI=1S/C24H23ClN2O4/c1-26-23-21(29)20(28)22(30)24(31-23)27-12-16(19-17(25)3-2-4-18(19)27)11-13-5-7-14(8-6-13)15-9-10-15/h2-8,12,15,20-24,28-30H,9-11H2/t20-,21-,22+,23-,24+/m0/s1. The van der Waals surface area contributed by atoms with Crippen LogP contribution in [0, 0.1) is 6.57 Å². The average Bonchev–Trinajstić information content (AvgIpc) is 3.56. The smallest absolute Gasteiger partial charge is 0.358 e. The molecule has 2 heterocycles. The third-order valence-corrected chi connectivity index (χ3v) is 6.59. The molecule has 0 bridgehead atoms. The van der Waals surface area contributed by atoms with Gasteiger partial charge in [-0.2, -0.15) is 0 Å². The van der Waals surface area contributed by atoms with Crippen LogP contribution in [0.4, 0.5) is 0 Å². The van der Waals surface area contributed by atoms with Gasteiger partial charge in [0.2, 0.25) is 0 Å². The maximum atomic E-state index is 10.6. The molecule has 1 aliphatic heterocycles. The second-order valence-electron chi connectivity index (χ2n) is 8.41. The fourth-order valence-corrected chi connectivity index (χ4v) is 4.71. The molecule has 160 valence electrons. The van der Waals surface area contributed by atoms with Crippen molar-refractivity contribution in [3.8, 4) is 0 Å². The number of hydrogen-bond donors (Lipinski definition) is 3. The van der Waals surface area contributed by atoms with Gasteiger partial charge in [0.1, 0.15) is 12.2 Å². The molecule has 2 aliphatic rings. The summed E-state index contributed by atoms with van der Waals surface area (Å²) in [5.74, 6) is 0.701. The van der Waals surface area contributed by atoms with E-state index in [9.17, 15) is 15.3 Å². The monoisotopic (exact) mass is 438 g/mol. The molecule has 0 spiro atoms. The third-order valence-electron chi connectivity index (χ3n) is 6.27. The summed E-state index contributed by atoms with van der Waals surface area (Å²) in [6, 6.07) is 14.1. The normalized spacial score (nSPS) is 28.5. The molecule has 0 amide bonds. The molecule has 3 aromatic rings. The quantitative estimate of drug-likeness (QED) is 0.543. The Morgan fingerprint density at radius 1 is 1.03 bits per heavy atom. The third kappa shape index (κ3) is 3.63. The Bertz CT molecular complexity index is 1150. The van der Waals surface area contributed by atoms with E-state index in [1.165, 1.54) is 18.4 Å². The second kappa shape index (κ2) is 7.94. The van der Waals surface area contributed by atoms with Gasteiger partial charge in [-0.15, -0.1) is 0 Å². The molecule has 7 heteroatoms. The number of fused-ring (bicyclic) bond motifs is 1. The SMILES string of the molecule is [C-]#[N+][C@H]1O[C@@H](n2cc(Cc3ccc(C4CC4)cc3)c3c(Cl)cccc32)[C@H](O)[C@@H](O)[C@@H]1O. The molecule has 0 unspecified atom stereocenters. The van der Waals surface area contributed by atoms with E-state index in [0.717, 1.165) is 22.0 Å². The predicted octanol–water partition coefficient (Wildman–Crippen LogP) is 3.62. The van der Waals surface area contributed by atoms with Crippen LogP contribution >= 0.6 is 11.6 Å². The zero-order valence-corrected chi connectivity index (χ0v) is 17.5. The highest BCUT2D eigenvalue weighted by Crippen LogP contribution is 2.40. The first-order chi connectivity index (χ1) is 15.0. The Labute approximate surface area is 185 Å². The second-order valence-corrected chi connectivity index (χ2v) is 8.81. The lowest BCUT2D eigenvalue weighted by Crippen LogP contribution is -2.54. The van der Waals surface area contributed by atoms with Gasteiger partial charge in [-0.05, 0) is 54.0 Å². The van der Waals surface area contributed by atoms with Crippen LogP contribution in [0.2, 0.25) is 5.02 Å². The van der Waals surface area contributed by atoms with Crippen molar-refractivity contribution in [2.45, 2.75) is 55.9 Å². The summed E-state index contributed by atoms with van der Waals surface area (Å²) < 4.78 is 7.38. The molecule has 2 fully saturated rings. The molecule has 0 radical (unpaired) electrons. The Kier molecular flexibility index (Phi) is 5.25. The van der Waals surface area contributed by atoms with Crippen LogP contribution < -0.4 is 0 Å². The van der Waals surface area contributed by atoms with Gasteiger partial charge in [0.05, 0.1) is 10.5 Å². The van der Waals surface area contributed by atoms with E-state index >= 15 is 0 Å². The van der Waals surface area contributed by atoms with Crippen molar-refractivity contribution in [3.63, 3.8) is 0 Å². The molecule has 1 aliphatic carbocycles. The molecule has 5 atom stereocenters. The number of benzene rings is 2. The summed E-state index contributed by atoms with van der Waals surface area (Å²) in [5.41, 5.74) is 4.20. The van der Waals surface area contributed by atoms with Crippen molar-refractivity contribution in [2.75, 3.05) is 0 Å². The first kappa shape index (κ1) is 20.5. The van der Waals surface area contributed by atoms with E-state index in [1.54, 1.807) is 4.57 Å². The van der Waals surface area contributed by atoms with E-state index in [1.807, 2.05) is 24.4 Å². The minimum Gasteiger partial charge on any atom is -0.387 e. The minimum absolute atomic E-state index is 0.577. The number of nitrogens with zero attached hydrogens (tertiary/aromatic N) is 2. The van der Waals surface area contributed by atoms with Crippen LogP contribution in [0.5, 0.6) is 0 Å². The Hall–Kier alpha value is -2.40. The molecule has 3 N–H and O–H groups in total. The maximum Gasteiger partial charge on any atom is 0.358 e. The van der Waals surface area contributed by atoms with E-state index in [2.05, 4.69) is 29.1 Å². The molecule has 1 saturated heterocycles. The van der Waals surface area contributed by atoms with Crippen LogP contribution in [0.25, 0.3) is 15.7 Å². The summed E-state index contributed by atoms with van der Waals surface area (Å²) >= 11 is 6.55. The molecule has 1 saturated carbocycles. The van der Waals surface area contributed by atoms with Crippen LogP contribution in [-0.4, -0.2) is 44.4 Å². The molecule has 6 nitrogen and oxygen atoms in total. The fourth-order valence-electron chi connectivity index (χ4n) is 4.42. The molecular formula is C24H23ClN2O4. The van der Waals surface area contributed by atoms with Crippen LogP contribution in [0.1, 0.15) is 41.7 Å². The van der Waals surface area contributed by atoms with Crippen molar-refractivity contribution >= 4 is 22.5 Å². The maximum absolute atomic E-state index is 10.6. The Balaban J connectivity index is 1.54.